The van der Waals surface area contributed by atoms with Crippen molar-refractivity contribution in [1.82, 2.24) is 4.57 Å². The normalized spacial score (nSPS) is 16.1. The second-order valence-electron chi connectivity index (χ2n) is 8.36. The van der Waals surface area contributed by atoms with E-state index in [1.807, 2.05) is 10.6 Å². The minimum Gasteiger partial charge on any atom is -0.481 e. The van der Waals surface area contributed by atoms with Crippen molar-refractivity contribution in [2.75, 3.05) is 13.7 Å². The van der Waals surface area contributed by atoms with Crippen LogP contribution in [0.2, 0.25) is 0 Å². The highest BCUT2D eigenvalue weighted by Crippen LogP contribution is 2.42. The summed E-state index contributed by atoms with van der Waals surface area (Å²) in [7, 11) is 1.26. The van der Waals surface area contributed by atoms with Crippen molar-refractivity contribution in [3.8, 4) is 5.75 Å². The molecule has 6 nitrogen and oxygen atoms in total. The monoisotopic (exact) mass is 474 g/mol. The number of halogens is 3. The van der Waals surface area contributed by atoms with Crippen LogP contribution in [0.15, 0.2) is 42.5 Å². The molecule has 1 aromatic heterocycles. The van der Waals surface area contributed by atoms with Gasteiger partial charge in [0.2, 0.25) is 5.91 Å². The van der Waals surface area contributed by atoms with Crippen molar-refractivity contribution < 1.29 is 32.2 Å². The van der Waals surface area contributed by atoms with E-state index in [-0.39, 0.29) is 13.2 Å². The van der Waals surface area contributed by atoms with E-state index in [0.29, 0.717) is 35.1 Å². The maximum atomic E-state index is 13.3. The largest absolute Gasteiger partial charge is 0.481 e. The maximum Gasteiger partial charge on any atom is 0.416 e. The van der Waals surface area contributed by atoms with Crippen LogP contribution in [0.1, 0.15) is 47.6 Å². The number of esters is 1. The molecule has 0 saturated heterocycles. The van der Waals surface area contributed by atoms with Crippen LogP contribution >= 0.6 is 0 Å². The minimum absolute atomic E-state index is 0.182. The number of carbonyl (C=O) groups excluding carboxylic acids is 2. The molecule has 180 valence electrons. The van der Waals surface area contributed by atoms with E-state index >= 15 is 0 Å². The van der Waals surface area contributed by atoms with Crippen molar-refractivity contribution in [1.29, 1.82) is 0 Å². The number of alkyl halides is 3. The standard InChI is InChI=1S/C25H25F3N2O4/c1-33-21(31)14-34-20-11-5-10-19-23(20)22-17(24(29)32)8-2-3-9-18(22)30(19)13-15-6-4-7-16(12-15)25(26,27)28/h4-7,10-12,17H,2-3,8-9,13-14H2,1H3,(H2,29,32). The number of carbonyl (C=O) groups is 2. The average Bonchev–Trinajstić information content (AvgIpc) is 2.95. The Bertz CT molecular complexity index is 1230. The van der Waals surface area contributed by atoms with Crippen LogP contribution in [0.3, 0.4) is 0 Å². The van der Waals surface area contributed by atoms with Crippen LogP contribution in [-0.2, 0) is 33.5 Å². The number of ether oxygens (including phenoxy) is 2. The van der Waals surface area contributed by atoms with Gasteiger partial charge in [-0.3, -0.25) is 4.79 Å². The molecular weight excluding hydrogens is 449 g/mol. The quantitative estimate of drug-likeness (QED) is 0.420. The number of aromatic nitrogens is 1. The van der Waals surface area contributed by atoms with E-state index in [0.717, 1.165) is 36.2 Å². The summed E-state index contributed by atoms with van der Waals surface area (Å²) in [6.45, 7) is -0.133. The molecular formula is C25H25F3N2O4. The first-order chi connectivity index (χ1) is 16.2. The van der Waals surface area contributed by atoms with Gasteiger partial charge in [-0.15, -0.1) is 0 Å². The summed E-state index contributed by atoms with van der Waals surface area (Å²) in [5.74, 6) is -1.19. The second-order valence-corrected chi connectivity index (χ2v) is 8.36. The van der Waals surface area contributed by atoms with Crippen molar-refractivity contribution >= 4 is 22.8 Å². The van der Waals surface area contributed by atoms with Gasteiger partial charge >= 0.3 is 12.1 Å². The van der Waals surface area contributed by atoms with Crippen LogP contribution in [0.25, 0.3) is 10.9 Å². The Labute approximate surface area is 194 Å². The summed E-state index contributed by atoms with van der Waals surface area (Å²) in [6.07, 6.45) is -1.64. The fourth-order valence-corrected chi connectivity index (χ4v) is 4.69. The van der Waals surface area contributed by atoms with Crippen LogP contribution in [0.4, 0.5) is 13.2 Å². The lowest BCUT2D eigenvalue weighted by Gasteiger charge is -2.14. The molecule has 1 heterocycles. The summed E-state index contributed by atoms with van der Waals surface area (Å²) in [5, 5.41) is 0.652. The average molecular weight is 474 g/mol. The lowest BCUT2D eigenvalue weighted by atomic mass is 9.92. The van der Waals surface area contributed by atoms with Crippen molar-refractivity contribution in [3.05, 3.63) is 64.8 Å². The smallest absolute Gasteiger partial charge is 0.416 e. The van der Waals surface area contributed by atoms with Gasteiger partial charge in [0.1, 0.15) is 5.75 Å². The molecule has 0 fully saturated rings. The molecule has 34 heavy (non-hydrogen) atoms. The summed E-state index contributed by atoms with van der Waals surface area (Å²) >= 11 is 0. The number of fused-ring (bicyclic) bond motifs is 3. The second kappa shape index (κ2) is 9.40. The molecule has 1 unspecified atom stereocenters. The number of nitrogens with zero attached hydrogens (tertiary/aromatic N) is 1. The number of amides is 1. The van der Waals surface area contributed by atoms with Gasteiger partial charge in [-0.2, -0.15) is 13.2 Å². The fourth-order valence-electron chi connectivity index (χ4n) is 4.69. The van der Waals surface area contributed by atoms with Crippen LogP contribution in [0.5, 0.6) is 5.75 Å². The molecule has 0 spiro atoms. The van der Waals surface area contributed by atoms with Crippen LogP contribution in [-0.4, -0.2) is 30.2 Å². The minimum atomic E-state index is -4.45. The van der Waals surface area contributed by atoms with E-state index < -0.39 is 29.5 Å². The van der Waals surface area contributed by atoms with Gasteiger partial charge in [0.25, 0.3) is 0 Å². The highest BCUT2D eigenvalue weighted by atomic mass is 19.4. The molecule has 0 bridgehead atoms. The predicted octanol–water partition coefficient (Wildman–Crippen LogP) is 4.56. The summed E-state index contributed by atoms with van der Waals surface area (Å²) < 4.78 is 52.2. The highest BCUT2D eigenvalue weighted by molar-refractivity contribution is 5.97. The Morgan fingerprint density at radius 3 is 2.62 bits per heavy atom. The summed E-state index contributed by atoms with van der Waals surface area (Å²) in [4.78, 5) is 24.1. The van der Waals surface area contributed by atoms with Crippen molar-refractivity contribution in [2.45, 2.75) is 44.3 Å². The SMILES string of the molecule is COC(=O)COc1cccc2c1c1c(n2Cc2cccc(C(F)(F)F)c2)CCCCC1C(N)=O. The zero-order chi connectivity index (χ0) is 24.5. The zero-order valence-corrected chi connectivity index (χ0v) is 18.7. The van der Waals surface area contributed by atoms with Crippen LogP contribution in [0, 0.1) is 0 Å². The van der Waals surface area contributed by atoms with Gasteiger partial charge in [-0.25, -0.2) is 4.79 Å². The lowest BCUT2D eigenvalue weighted by Crippen LogP contribution is -2.22. The number of primary amides is 1. The number of hydrogen-bond donors (Lipinski definition) is 1. The Morgan fingerprint density at radius 2 is 1.91 bits per heavy atom. The molecule has 1 atom stereocenters. The van der Waals surface area contributed by atoms with Gasteiger partial charge in [-0.1, -0.05) is 24.6 Å². The molecule has 0 aliphatic heterocycles. The Hall–Kier alpha value is -3.49. The van der Waals surface area contributed by atoms with Gasteiger partial charge in [0, 0.05) is 17.6 Å². The summed E-state index contributed by atoms with van der Waals surface area (Å²) in [6, 6.07) is 10.5. The predicted molar refractivity (Wildman–Crippen MR) is 119 cm³/mol. The molecule has 2 N–H and O–H groups in total. The van der Waals surface area contributed by atoms with E-state index in [2.05, 4.69) is 4.74 Å². The van der Waals surface area contributed by atoms with E-state index in [4.69, 9.17) is 10.5 Å². The first kappa shape index (κ1) is 23.7. The maximum absolute atomic E-state index is 13.3. The molecule has 4 rings (SSSR count). The Kier molecular flexibility index (Phi) is 6.54. The number of rotatable bonds is 6. The van der Waals surface area contributed by atoms with Gasteiger partial charge < -0.3 is 19.8 Å². The van der Waals surface area contributed by atoms with Gasteiger partial charge in [0.05, 0.1) is 24.1 Å². The zero-order valence-electron chi connectivity index (χ0n) is 18.7. The molecule has 1 amide bonds. The molecule has 1 aliphatic rings. The van der Waals surface area contributed by atoms with E-state index in [1.54, 1.807) is 18.2 Å². The first-order valence-corrected chi connectivity index (χ1v) is 11.0. The van der Waals surface area contributed by atoms with Crippen LogP contribution < -0.4 is 10.5 Å². The third-order valence-electron chi connectivity index (χ3n) is 6.22. The number of nitrogens with two attached hydrogens (primary N) is 1. The van der Waals surface area contributed by atoms with E-state index in [9.17, 15) is 22.8 Å². The first-order valence-electron chi connectivity index (χ1n) is 11.0. The number of benzene rings is 2. The number of methoxy groups -OCH3 is 1. The van der Waals surface area contributed by atoms with Crippen molar-refractivity contribution in [2.24, 2.45) is 5.73 Å². The third-order valence-corrected chi connectivity index (χ3v) is 6.22. The van der Waals surface area contributed by atoms with Gasteiger partial charge in [-0.05, 0) is 54.7 Å². The van der Waals surface area contributed by atoms with Gasteiger partial charge in [0.15, 0.2) is 6.61 Å². The number of hydrogen-bond acceptors (Lipinski definition) is 4. The lowest BCUT2D eigenvalue weighted by molar-refractivity contribution is -0.143. The topological polar surface area (TPSA) is 83.6 Å². The Morgan fingerprint density at radius 1 is 1.15 bits per heavy atom. The molecule has 9 heteroatoms. The molecule has 0 saturated carbocycles. The Balaban J connectivity index is 1.89. The molecule has 1 aliphatic carbocycles. The third kappa shape index (κ3) is 4.60. The van der Waals surface area contributed by atoms with Crippen molar-refractivity contribution in [3.63, 3.8) is 0 Å². The molecule has 0 radical (unpaired) electrons. The highest BCUT2D eigenvalue weighted by Gasteiger charge is 2.32. The molecule has 3 aromatic rings. The molecule has 2 aromatic carbocycles. The van der Waals surface area contributed by atoms with E-state index in [1.165, 1.54) is 13.2 Å². The summed E-state index contributed by atoms with van der Waals surface area (Å²) in [5.41, 5.74) is 7.83. The fraction of sp³-hybridized carbons (Fsp3) is 0.360.